The first-order chi connectivity index (χ1) is 12.3. The second-order valence-corrected chi connectivity index (χ2v) is 5.91. The van der Waals surface area contributed by atoms with Crippen LogP contribution in [0.4, 0.5) is 0 Å². The van der Waals surface area contributed by atoms with Crippen molar-refractivity contribution in [1.82, 2.24) is 5.32 Å². The molecule has 25 heavy (non-hydrogen) atoms. The van der Waals surface area contributed by atoms with Gasteiger partial charge >= 0.3 is 0 Å². The minimum atomic E-state index is 0.272. The number of rotatable bonds is 12. The molecular weight excluding hydrogens is 314 g/mol. The molecule has 0 aliphatic rings. The van der Waals surface area contributed by atoms with Crippen molar-refractivity contribution >= 4 is 0 Å². The predicted molar refractivity (Wildman–Crippen MR) is 101 cm³/mol. The first-order valence-corrected chi connectivity index (χ1v) is 9.08. The molecule has 4 nitrogen and oxygen atoms in total. The van der Waals surface area contributed by atoms with Gasteiger partial charge in [0.05, 0.1) is 6.61 Å². The molecule has 0 aromatic heterocycles. The first-order valence-electron chi connectivity index (χ1n) is 9.08. The van der Waals surface area contributed by atoms with Gasteiger partial charge in [0.2, 0.25) is 0 Å². The number of benzene rings is 2. The maximum Gasteiger partial charge on any atom is 0.166 e. The van der Waals surface area contributed by atoms with Crippen LogP contribution in [0.5, 0.6) is 11.5 Å². The number of aliphatic hydroxyl groups excluding tert-OH is 1. The van der Waals surface area contributed by atoms with Gasteiger partial charge in [-0.05, 0) is 44.4 Å². The average Bonchev–Trinajstić information content (AvgIpc) is 2.65. The topological polar surface area (TPSA) is 50.7 Å². The molecule has 0 unspecified atom stereocenters. The zero-order valence-electron chi connectivity index (χ0n) is 15.0. The van der Waals surface area contributed by atoms with Gasteiger partial charge in [0.15, 0.2) is 11.5 Å². The summed E-state index contributed by atoms with van der Waals surface area (Å²) < 4.78 is 11.8. The van der Waals surface area contributed by atoms with Crippen molar-refractivity contribution < 1.29 is 14.6 Å². The van der Waals surface area contributed by atoms with Gasteiger partial charge in [0.1, 0.15) is 6.61 Å². The third kappa shape index (κ3) is 6.77. The summed E-state index contributed by atoms with van der Waals surface area (Å²) in [6, 6.07) is 16.2. The Bertz CT molecular complexity index is 601. The summed E-state index contributed by atoms with van der Waals surface area (Å²) in [6.45, 7) is 5.05. The number of para-hydroxylation sites is 1. The molecule has 0 heterocycles. The number of aliphatic hydroxyl groups is 1. The molecule has 0 amide bonds. The highest BCUT2D eigenvalue weighted by atomic mass is 16.5. The van der Waals surface area contributed by atoms with Crippen LogP contribution in [0.1, 0.15) is 37.3 Å². The van der Waals surface area contributed by atoms with E-state index in [1.165, 1.54) is 0 Å². The Labute approximate surface area is 150 Å². The molecule has 0 saturated carbocycles. The van der Waals surface area contributed by atoms with Gasteiger partial charge in [-0.1, -0.05) is 42.5 Å². The Morgan fingerprint density at radius 1 is 0.920 bits per heavy atom. The molecule has 0 radical (unpaired) electrons. The van der Waals surface area contributed by atoms with Crippen LogP contribution in [0.25, 0.3) is 0 Å². The summed E-state index contributed by atoms with van der Waals surface area (Å²) >= 11 is 0. The van der Waals surface area contributed by atoms with Crippen molar-refractivity contribution in [3.05, 3.63) is 59.7 Å². The summed E-state index contributed by atoms with van der Waals surface area (Å²) in [7, 11) is 0. The molecule has 0 atom stereocenters. The summed E-state index contributed by atoms with van der Waals surface area (Å²) in [5.74, 6) is 1.61. The van der Waals surface area contributed by atoms with E-state index in [-0.39, 0.29) is 6.61 Å². The number of ether oxygens (including phenoxy) is 2. The van der Waals surface area contributed by atoms with E-state index in [1.54, 1.807) is 0 Å². The molecule has 0 bridgehead atoms. The number of hydrogen-bond acceptors (Lipinski definition) is 4. The normalized spacial score (nSPS) is 10.6. The van der Waals surface area contributed by atoms with E-state index in [1.807, 2.05) is 37.3 Å². The molecule has 0 aliphatic carbocycles. The standard InChI is InChI=1S/C21H29NO3/c1-2-24-20-13-9-12-19(16-22-14-7-4-8-15-23)21(20)25-17-18-10-5-3-6-11-18/h3,5-6,9-13,22-23H,2,4,7-8,14-17H2,1H3. The van der Waals surface area contributed by atoms with Crippen molar-refractivity contribution in [2.75, 3.05) is 19.8 Å². The minimum absolute atomic E-state index is 0.272. The van der Waals surface area contributed by atoms with E-state index in [4.69, 9.17) is 14.6 Å². The van der Waals surface area contributed by atoms with Crippen molar-refractivity contribution in [1.29, 1.82) is 0 Å². The lowest BCUT2D eigenvalue weighted by Gasteiger charge is -2.16. The molecule has 136 valence electrons. The van der Waals surface area contributed by atoms with E-state index in [2.05, 4.69) is 23.5 Å². The molecule has 0 spiro atoms. The van der Waals surface area contributed by atoms with E-state index in [0.717, 1.165) is 55.0 Å². The van der Waals surface area contributed by atoms with Gasteiger partial charge in [0, 0.05) is 18.7 Å². The molecule has 0 saturated heterocycles. The fraction of sp³-hybridized carbons (Fsp3) is 0.429. The van der Waals surface area contributed by atoms with E-state index >= 15 is 0 Å². The third-order valence-corrected chi connectivity index (χ3v) is 3.91. The van der Waals surface area contributed by atoms with E-state index < -0.39 is 0 Å². The van der Waals surface area contributed by atoms with Crippen LogP contribution in [0.15, 0.2) is 48.5 Å². The molecular formula is C21H29NO3. The maximum absolute atomic E-state index is 8.82. The fourth-order valence-electron chi connectivity index (χ4n) is 2.62. The van der Waals surface area contributed by atoms with Crippen LogP contribution in [0.2, 0.25) is 0 Å². The SMILES string of the molecule is CCOc1cccc(CNCCCCCO)c1OCc1ccccc1. The van der Waals surface area contributed by atoms with Gasteiger partial charge in [0.25, 0.3) is 0 Å². The summed E-state index contributed by atoms with van der Waals surface area (Å²) in [6.07, 6.45) is 2.97. The van der Waals surface area contributed by atoms with Crippen molar-refractivity contribution in [2.45, 2.75) is 39.3 Å². The van der Waals surface area contributed by atoms with Gasteiger partial charge in [-0.25, -0.2) is 0 Å². The smallest absolute Gasteiger partial charge is 0.166 e. The molecule has 2 aromatic carbocycles. The lowest BCUT2D eigenvalue weighted by molar-refractivity contribution is 0.266. The van der Waals surface area contributed by atoms with Crippen molar-refractivity contribution in [3.8, 4) is 11.5 Å². The number of unbranched alkanes of at least 4 members (excludes halogenated alkanes) is 2. The second-order valence-electron chi connectivity index (χ2n) is 5.91. The monoisotopic (exact) mass is 343 g/mol. The Morgan fingerprint density at radius 3 is 2.52 bits per heavy atom. The highest BCUT2D eigenvalue weighted by Crippen LogP contribution is 2.32. The molecule has 0 fully saturated rings. The van der Waals surface area contributed by atoms with Gasteiger partial charge in [-0.15, -0.1) is 0 Å². The molecule has 0 aliphatic heterocycles. The molecule has 2 rings (SSSR count). The third-order valence-electron chi connectivity index (χ3n) is 3.91. The Hall–Kier alpha value is -2.04. The van der Waals surface area contributed by atoms with Crippen molar-refractivity contribution in [2.24, 2.45) is 0 Å². The van der Waals surface area contributed by atoms with Crippen LogP contribution in [-0.4, -0.2) is 24.9 Å². The number of hydrogen-bond donors (Lipinski definition) is 2. The summed E-state index contributed by atoms with van der Waals surface area (Å²) in [5, 5.41) is 12.3. The maximum atomic E-state index is 8.82. The molecule has 2 N–H and O–H groups in total. The molecule has 4 heteroatoms. The Balaban J connectivity index is 1.98. The first kappa shape index (κ1) is 19.3. The fourth-order valence-corrected chi connectivity index (χ4v) is 2.62. The predicted octanol–water partition coefficient (Wildman–Crippen LogP) is 3.92. The highest BCUT2D eigenvalue weighted by Gasteiger charge is 2.11. The zero-order chi connectivity index (χ0) is 17.7. The molecule has 2 aromatic rings. The lowest BCUT2D eigenvalue weighted by Crippen LogP contribution is -2.16. The highest BCUT2D eigenvalue weighted by molar-refractivity contribution is 5.46. The summed E-state index contributed by atoms with van der Waals surface area (Å²) in [5.41, 5.74) is 2.24. The van der Waals surface area contributed by atoms with Crippen LogP contribution < -0.4 is 14.8 Å². The minimum Gasteiger partial charge on any atom is -0.490 e. The second kappa shape index (κ2) is 11.5. The largest absolute Gasteiger partial charge is 0.490 e. The van der Waals surface area contributed by atoms with Gasteiger partial charge < -0.3 is 19.9 Å². The Morgan fingerprint density at radius 2 is 1.76 bits per heavy atom. The number of nitrogens with one attached hydrogen (secondary N) is 1. The van der Waals surface area contributed by atoms with Crippen LogP contribution >= 0.6 is 0 Å². The summed E-state index contributed by atoms with van der Waals surface area (Å²) in [4.78, 5) is 0. The Kier molecular flexibility index (Phi) is 8.87. The van der Waals surface area contributed by atoms with Crippen LogP contribution in [0, 0.1) is 0 Å². The van der Waals surface area contributed by atoms with E-state index in [0.29, 0.717) is 13.2 Å². The van der Waals surface area contributed by atoms with Gasteiger partial charge in [-0.3, -0.25) is 0 Å². The quantitative estimate of drug-likeness (QED) is 0.574. The zero-order valence-corrected chi connectivity index (χ0v) is 15.0. The van der Waals surface area contributed by atoms with Crippen LogP contribution in [0.3, 0.4) is 0 Å². The van der Waals surface area contributed by atoms with E-state index in [9.17, 15) is 0 Å². The average molecular weight is 343 g/mol. The van der Waals surface area contributed by atoms with Crippen LogP contribution in [-0.2, 0) is 13.2 Å². The van der Waals surface area contributed by atoms with Gasteiger partial charge in [-0.2, -0.15) is 0 Å². The van der Waals surface area contributed by atoms with Crippen molar-refractivity contribution in [3.63, 3.8) is 0 Å². The lowest BCUT2D eigenvalue weighted by atomic mass is 10.1.